The van der Waals surface area contributed by atoms with E-state index in [1.165, 1.54) is 23.0 Å². The van der Waals surface area contributed by atoms with Gasteiger partial charge in [-0.2, -0.15) is 5.10 Å². The minimum Gasteiger partial charge on any atom is -0.481 e. The highest BCUT2D eigenvalue weighted by molar-refractivity contribution is 5.74. The highest BCUT2D eigenvalue weighted by atomic mass is 19.1. The molecule has 0 radical (unpaired) electrons. The van der Waals surface area contributed by atoms with Crippen LogP contribution in [0.15, 0.2) is 24.3 Å². The van der Waals surface area contributed by atoms with Gasteiger partial charge in [0.05, 0.1) is 11.1 Å². The minimum atomic E-state index is -0.740. The molecule has 0 spiro atoms. The number of rotatable bonds is 11. The lowest BCUT2D eigenvalue weighted by molar-refractivity contribution is -0.151. The van der Waals surface area contributed by atoms with Crippen LogP contribution in [0.25, 0.3) is 0 Å². The molecule has 1 aromatic heterocycles. The predicted octanol–water partition coefficient (Wildman–Crippen LogP) is 5.84. The van der Waals surface area contributed by atoms with E-state index in [2.05, 4.69) is 35.3 Å². The number of benzene rings is 1. The summed E-state index contributed by atoms with van der Waals surface area (Å²) in [5.74, 6) is -0.149. The van der Waals surface area contributed by atoms with Crippen molar-refractivity contribution in [3.05, 3.63) is 52.6 Å². The molecular formula is C31H47FN4O2. The number of hydrogen-bond acceptors (Lipinski definition) is 4. The van der Waals surface area contributed by atoms with Gasteiger partial charge in [0.2, 0.25) is 0 Å². The van der Waals surface area contributed by atoms with Crippen molar-refractivity contribution in [3.63, 3.8) is 0 Å². The molecule has 2 aliphatic heterocycles. The first-order valence-electron chi connectivity index (χ1n) is 14.8. The maximum Gasteiger partial charge on any atom is 0.310 e. The molecule has 2 saturated heterocycles. The lowest BCUT2D eigenvalue weighted by Gasteiger charge is -2.40. The van der Waals surface area contributed by atoms with Crippen molar-refractivity contribution < 1.29 is 14.3 Å². The first kappa shape index (κ1) is 28.8. The molecule has 3 heterocycles. The summed E-state index contributed by atoms with van der Waals surface area (Å²) < 4.78 is 16.4. The van der Waals surface area contributed by atoms with E-state index in [9.17, 15) is 14.3 Å². The van der Waals surface area contributed by atoms with Crippen LogP contribution in [0.1, 0.15) is 94.1 Å². The van der Waals surface area contributed by atoms with Gasteiger partial charge in [-0.05, 0) is 101 Å². The van der Waals surface area contributed by atoms with E-state index in [1.54, 1.807) is 12.1 Å². The van der Waals surface area contributed by atoms with Crippen molar-refractivity contribution >= 4 is 5.97 Å². The van der Waals surface area contributed by atoms with Crippen LogP contribution < -0.4 is 0 Å². The summed E-state index contributed by atoms with van der Waals surface area (Å²) in [7, 11) is 0. The first-order valence-corrected chi connectivity index (χ1v) is 14.8. The Kier molecular flexibility index (Phi) is 9.30. The third-order valence-corrected chi connectivity index (χ3v) is 9.66. The Hall–Kier alpha value is -2.25. The molecule has 0 saturated carbocycles. The quantitative estimate of drug-likeness (QED) is 0.399. The molecule has 1 aromatic carbocycles. The summed E-state index contributed by atoms with van der Waals surface area (Å²) in [6.45, 7) is 15.8. The number of aliphatic carboxylic acids is 1. The summed E-state index contributed by atoms with van der Waals surface area (Å²) in [6, 6.07) is 7.21. The number of aromatic nitrogens is 2. The number of aryl methyl sites for hydroxylation is 2. The first-order chi connectivity index (χ1) is 18.3. The van der Waals surface area contributed by atoms with E-state index in [-0.39, 0.29) is 17.8 Å². The smallest absolute Gasteiger partial charge is 0.310 e. The van der Waals surface area contributed by atoms with Crippen molar-refractivity contribution in [1.29, 1.82) is 0 Å². The van der Waals surface area contributed by atoms with Crippen LogP contribution >= 0.6 is 0 Å². The molecule has 1 unspecified atom stereocenters. The molecule has 0 aliphatic carbocycles. The molecule has 1 N–H and O–H groups in total. The Morgan fingerprint density at radius 3 is 2.39 bits per heavy atom. The molecule has 0 amide bonds. The maximum atomic E-state index is 14.2. The third-order valence-electron chi connectivity index (χ3n) is 9.66. The van der Waals surface area contributed by atoms with Crippen LogP contribution in [-0.2, 0) is 17.8 Å². The van der Waals surface area contributed by atoms with Crippen LogP contribution in [0.4, 0.5) is 4.39 Å². The van der Waals surface area contributed by atoms with Gasteiger partial charge in [0, 0.05) is 37.3 Å². The summed E-state index contributed by atoms with van der Waals surface area (Å²) in [6.07, 6.45) is 5.36. The molecule has 210 valence electrons. The van der Waals surface area contributed by atoms with Crippen molar-refractivity contribution in [3.8, 4) is 0 Å². The van der Waals surface area contributed by atoms with Crippen molar-refractivity contribution in [2.24, 2.45) is 5.41 Å². The monoisotopic (exact) mass is 526 g/mol. The zero-order chi connectivity index (χ0) is 27.4. The second-order valence-corrected chi connectivity index (χ2v) is 11.5. The number of carboxylic acids is 1. The maximum absolute atomic E-state index is 14.2. The zero-order valence-electron chi connectivity index (χ0n) is 24.0. The number of halogens is 1. The van der Waals surface area contributed by atoms with Gasteiger partial charge in [-0.25, -0.2) is 4.39 Å². The van der Waals surface area contributed by atoms with E-state index in [4.69, 9.17) is 5.10 Å². The van der Waals surface area contributed by atoms with Gasteiger partial charge >= 0.3 is 5.97 Å². The van der Waals surface area contributed by atoms with E-state index >= 15 is 0 Å². The SMILES string of the molecule is CCc1nn(CC)c(C)c1C1CCN(CC2[C@H](c3cccc(F)c3)CCN2CC(CC)(CC)C(=O)O)CC1. The highest BCUT2D eigenvalue weighted by Gasteiger charge is 2.43. The molecule has 2 fully saturated rings. The van der Waals surface area contributed by atoms with Crippen LogP contribution in [0.5, 0.6) is 0 Å². The average molecular weight is 527 g/mol. The Morgan fingerprint density at radius 2 is 1.82 bits per heavy atom. The molecule has 2 aromatic rings. The largest absolute Gasteiger partial charge is 0.481 e. The Balaban J connectivity index is 1.52. The fraction of sp³-hybridized carbons (Fsp3) is 0.677. The third kappa shape index (κ3) is 5.69. The van der Waals surface area contributed by atoms with E-state index in [0.717, 1.165) is 64.0 Å². The molecule has 7 heteroatoms. The van der Waals surface area contributed by atoms with Gasteiger partial charge in [0.15, 0.2) is 0 Å². The molecular weight excluding hydrogens is 479 g/mol. The second-order valence-electron chi connectivity index (χ2n) is 11.5. The van der Waals surface area contributed by atoms with E-state index in [1.807, 2.05) is 19.9 Å². The summed E-state index contributed by atoms with van der Waals surface area (Å²) in [5, 5.41) is 15.0. The average Bonchev–Trinajstić information content (AvgIpc) is 3.47. The summed E-state index contributed by atoms with van der Waals surface area (Å²) in [5.41, 5.74) is 4.33. The number of carboxylic acid groups (broad SMARTS) is 1. The molecule has 4 rings (SSSR count). The Labute approximate surface area is 228 Å². The lowest BCUT2D eigenvalue weighted by atomic mass is 9.81. The molecule has 2 aliphatic rings. The highest BCUT2D eigenvalue weighted by Crippen LogP contribution is 2.39. The van der Waals surface area contributed by atoms with Crippen molar-refractivity contribution in [2.45, 2.75) is 97.6 Å². The molecule has 38 heavy (non-hydrogen) atoms. The van der Waals surface area contributed by atoms with Gasteiger partial charge < -0.3 is 10.0 Å². The normalized spacial score (nSPS) is 21.8. The fourth-order valence-electron chi connectivity index (χ4n) is 7.11. The van der Waals surface area contributed by atoms with Crippen molar-refractivity contribution in [2.75, 3.05) is 32.7 Å². The van der Waals surface area contributed by atoms with Gasteiger partial charge in [0.1, 0.15) is 5.82 Å². The Morgan fingerprint density at radius 1 is 1.11 bits per heavy atom. The fourth-order valence-corrected chi connectivity index (χ4v) is 7.11. The zero-order valence-corrected chi connectivity index (χ0v) is 24.0. The standard InChI is InChI=1S/C31H47FN4O2/c1-6-27-29(22(5)36(9-4)33-27)23-13-16-34(17-14-23)20-28-26(24-11-10-12-25(32)19-24)15-18-35(28)21-31(7-2,8-3)30(37)38/h10-12,19,23,26,28H,6-9,13-18,20-21H2,1-5H3,(H,37,38)/t26-,28?/m0/s1. The molecule has 6 nitrogen and oxygen atoms in total. The van der Waals surface area contributed by atoms with Crippen LogP contribution in [0, 0.1) is 18.2 Å². The predicted molar refractivity (Wildman–Crippen MR) is 150 cm³/mol. The number of nitrogens with zero attached hydrogens (tertiary/aromatic N) is 4. The van der Waals surface area contributed by atoms with E-state index < -0.39 is 11.4 Å². The summed E-state index contributed by atoms with van der Waals surface area (Å²) >= 11 is 0. The van der Waals surface area contributed by atoms with Gasteiger partial charge in [0.25, 0.3) is 0 Å². The number of hydrogen-bond donors (Lipinski definition) is 1. The number of carbonyl (C=O) groups is 1. The van der Waals surface area contributed by atoms with E-state index in [0.29, 0.717) is 25.3 Å². The summed E-state index contributed by atoms with van der Waals surface area (Å²) in [4.78, 5) is 17.3. The van der Waals surface area contributed by atoms with Gasteiger partial charge in [-0.1, -0.05) is 32.9 Å². The molecule has 2 atom stereocenters. The minimum absolute atomic E-state index is 0.181. The van der Waals surface area contributed by atoms with Crippen LogP contribution in [-0.4, -0.2) is 69.4 Å². The van der Waals surface area contributed by atoms with Crippen molar-refractivity contribution in [1.82, 2.24) is 19.6 Å². The van der Waals surface area contributed by atoms with Crippen LogP contribution in [0.3, 0.4) is 0 Å². The number of likely N-dealkylation sites (tertiary alicyclic amines) is 2. The van der Waals surface area contributed by atoms with Gasteiger partial charge in [-0.15, -0.1) is 0 Å². The van der Waals surface area contributed by atoms with Gasteiger partial charge in [-0.3, -0.25) is 14.4 Å². The second kappa shape index (κ2) is 12.3. The molecule has 0 bridgehead atoms. The number of piperidine rings is 1. The lowest BCUT2D eigenvalue weighted by Crippen LogP contribution is -2.50. The Bertz CT molecular complexity index is 1090. The topological polar surface area (TPSA) is 61.6 Å². The van der Waals surface area contributed by atoms with Crippen LogP contribution in [0.2, 0.25) is 0 Å².